The van der Waals surface area contributed by atoms with Crippen LogP contribution in [0.25, 0.3) is 0 Å². The van der Waals surface area contributed by atoms with Crippen molar-refractivity contribution < 1.29 is 14.7 Å². The molecule has 0 saturated carbocycles. The van der Waals surface area contributed by atoms with Gasteiger partial charge in [0.2, 0.25) is 0 Å². The lowest BCUT2D eigenvalue weighted by Crippen LogP contribution is -2.34. The molecule has 1 heterocycles. The molecule has 110 valence electrons. The van der Waals surface area contributed by atoms with E-state index in [9.17, 15) is 14.7 Å². The van der Waals surface area contributed by atoms with Crippen molar-refractivity contribution in [2.24, 2.45) is 5.92 Å². The lowest BCUT2D eigenvalue weighted by atomic mass is 9.99. The van der Waals surface area contributed by atoms with Crippen LogP contribution >= 0.6 is 11.3 Å². The van der Waals surface area contributed by atoms with Crippen molar-refractivity contribution in [3.05, 3.63) is 57.8 Å². The van der Waals surface area contributed by atoms with Crippen molar-refractivity contribution in [2.45, 2.75) is 13.3 Å². The van der Waals surface area contributed by atoms with E-state index < -0.39 is 11.9 Å². The number of benzene rings is 1. The molecule has 0 bridgehead atoms. The summed E-state index contributed by atoms with van der Waals surface area (Å²) in [5.41, 5.74) is 1.86. The first-order valence-electron chi connectivity index (χ1n) is 6.67. The van der Waals surface area contributed by atoms with Gasteiger partial charge in [0, 0.05) is 6.54 Å². The molecule has 0 aliphatic rings. The number of amides is 1. The molecule has 0 unspecified atom stereocenters. The molecule has 1 amide bonds. The van der Waals surface area contributed by atoms with Crippen LogP contribution in [0.1, 0.15) is 20.8 Å². The average molecular weight is 303 g/mol. The second kappa shape index (κ2) is 7.04. The number of rotatable bonds is 6. The summed E-state index contributed by atoms with van der Waals surface area (Å²) in [5.74, 6) is -1.74. The molecule has 2 aromatic rings. The van der Waals surface area contributed by atoms with E-state index in [0.717, 1.165) is 11.1 Å². The van der Waals surface area contributed by atoms with E-state index in [-0.39, 0.29) is 12.5 Å². The molecule has 1 atom stereocenters. The number of carboxylic acids is 1. The SMILES string of the molecule is Cc1ccsc1C(=O)NC[C@H](Cc1ccccc1)C(=O)O. The first-order chi connectivity index (χ1) is 10.1. The minimum atomic E-state index is -0.901. The van der Waals surface area contributed by atoms with Crippen LogP contribution in [0, 0.1) is 12.8 Å². The highest BCUT2D eigenvalue weighted by atomic mass is 32.1. The number of aryl methyl sites for hydroxylation is 1. The van der Waals surface area contributed by atoms with Gasteiger partial charge in [-0.05, 0) is 35.9 Å². The fraction of sp³-hybridized carbons (Fsp3) is 0.250. The minimum Gasteiger partial charge on any atom is -0.481 e. The predicted molar refractivity (Wildman–Crippen MR) is 82.7 cm³/mol. The Labute approximate surface area is 127 Å². The topological polar surface area (TPSA) is 66.4 Å². The standard InChI is InChI=1S/C16H17NO3S/c1-11-7-8-21-14(11)15(18)17-10-13(16(19)20)9-12-5-3-2-4-6-12/h2-8,13H,9-10H2,1H3,(H,17,18)(H,19,20)/t13-/m0/s1. The number of hydrogen-bond acceptors (Lipinski definition) is 3. The molecule has 1 aromatic heterocycles. The van der Waals surface area contributed by atoms with Gasteiger partial charge < -0.3 is 10.4 Å². The second-order valence-electron chi connectivity index (χ2n) is 4.87. The maximum absolute atomic E-state index is 12.0. The Balaban J connectivity index is 1.96. The summed E-state index contributed by atoms with van der Waals surface area (Å²) in [7, 11) is 0. The number of carbonyl (C=O) groups excluding carboxylic acids is 1. The van der Waals surface area contributed by atoms with Crippen LogP contribution in [0.2, 0.25) is 0 Å². The Hall–Kier alpha value is -2.14. The molecule has 1 aromatic carbocycles. The zero-order chi connectivity index (χ0) is 15.2. The summed E-state index contributed by atoms with van der Waals surface area (Å²) < 4.78 is 0. The minimum absolute atomic E-state index is 0.125. The number of hydrogen-bond donors (Lipinski definition) is 2. The van der Waals surface area contributed by atoms with Crippen LogP contribution in [-0.4, -0.2) is 23.5 Å². The van der Waals surface area contributed by atoms with Crippen molar-refractivity contribution in [3.8, 4) is 0 Å². The number of carbonyl (C=O) groups is 2. The zero-order valence-electron chi connectivity index (χ0n) is 11.7. The molecule has 0 aliphatic carbocycles. The van der Waals surface area contributed by atoms with Crippen LogP contribution in [0.15, 0.2) is 41.8 Å². The smallest absolute Gasteiger partial charge is 0.308 e. The quantitative estimate of drug-likeness (QED) is 0.862. The summed E-state index contributed by atoms with van der Waals surface area (Å²) in [6.07, 6.45) is 0.403. The third kappa shape index (κ3) is 4.16. The monoisotopic (exact) mass is 303 g/mol. The fourth-order valence-electron chi connectivity index (χ4n) is 2.05. The molecule has 0 saturated heterocycles. The summed E-state index contributed by atoms with van der Waals surface area (Å²) in [5, 5.41) is 13.9. The number of aliphatic carboxylic acids is 1. The summed E-state index contributed by atoms with van der Waals surface area (Å²) in [6, 6.07) is 11.3. The molecular formula is C16H17NO3S. The summed E-state index contributed by atoms with van der Waals surface area (Å²) >= 11 is 1.36. The Morgan fingerprint density at radius 2 is 1.95 bits per heavy atom. The van der Waals surface area contributed by atoms with Crippen molar-refractivity contribution in [3.63, 3.8) is 0 Å². The Morgan fingerprint density at radius 1 is 1.24 bits per heavy atom. The van der Waals surface area contributed by atoms with E-state index >= 15 is 0 Å². The van der Waals surface area contributed by atoms with Crippen LogP contribution < -0.4 is 5.32 Å². The van der Waals surface area contributed by atoms with E-state index in [4.69, 9.17) is 0 Å². The highest BCUT2D eigenvalue weighted by Crippen LogP contribution is 2.15. The molecule has 0 aliphatic heterocycles. The van der Waals surface area contributed by atoms with Crippen molar-refractivity contribution in [1.29, 1.82) is 0 Å². The maximum atomic E-state index is 12.0. The Morgan fingerprint density at radius 3 is 2.52 bits per heavy atom. The molecule has 2 N–H and O–H groups in total. The molecule has 2 rings (SSSR count). The van der Waals surface area contributed by atoms with Gasteiger partial charge in [0.15, 0.2) is 0 Å². The van der Waals surface area contributed by atoms with Crippen molar-refractivity contribution in [2.75, 3.05) is 6.54 Å². The number of thiophene rings is 1. The van der Waals surface area contributed by atoms with Gasteiger partial charge in [-0.3, -0.25) is 9.59 Å². The molecule has 0 fully saturated rings. The lowest BCUT2D eigenvalue weighted by Gasteiger charge is -2.13. The third-order valence-corrected chi connectivity index (χ3v) is 4.27. The molecule has 21 heavy (non-hydrogen) atoms. The highest BCUT2D eigenvalue weighted by Gasteiger charge is 2.20. The molecule has 5 heteroatoms. The van der Waals surface area contributed by atoms with Crippen LogP contribution in [0.5, 0.6) is 0 Å². The van der Waals surface area contributed by atoms with Gasteiger partial charge in [0.25, 0.3) is 5.91 Å². The number of carboxylic acid groups (broad SMARTS) is 1. The largest absolute Gasteiger partial charge is 0.481 e. The normalized spacial score (nSPS) is 11.9. The maximum Gasteiger partial charge on any atom is 0.308 e. The van der Waals surface area contributed by atoms with Gasteiger partial charge in [-0.15, -0.1) is 11.3 Å². The van der Waals surface area contributed by atoms with Gasteiger partial charge in [-0.1, -0.05) is 30.3 Å². The summed E-state index contributed by atoms with van der Waals surface area (Å²) in [6.45, 7) is 1.99. The van der Waals surface area contributed by atoms with E-state index in [1.165, 1.54) is 11.3 Å². The van der Waals surface area contributed by atoms with Crippen molar-refractivity contribution >= 4 is 23.2 Å². The number of nitrogens with one attached hydrogen (secondary N) is 1. The fourth-order valence-corrected chi connectivity index (χ4v) is 2.89. The molecular weight excluding hydrogens is 286 g/mol. The van der Waals surface area contributed by atoms with Gasteiger partial charge in [0.05, 0.1) is 10.8 Å². The van der Waals surface area contributed by atoms with E-state index in [2.05, 4.69) is 5.32 Å². The van der Waals surface area contributed by atoms with E-state index in [1.807, 2.05) is 48.7 Å². The first-order valence-corrected chi connectivity index (χ1v) is 7.55. The van der Waals surface area contributed by atoms with Crippen LogP contribution in [0.3, 0.4) is 0 Å². The van der Waals surface area contributed by atoms with Gasteiger partial charge in [0.1, 0.15) is 0 Å². The zero-order valence-corrected chi connectivity index (χ0v) is 12.5. The molecule has 4 nitrogen and oxygen atoms in total. The predicted octanol–water partition coefficient (Wildman–Crippen LogP) is 2.73. The second-order valence-corrected chi connectivity index (χ2v) is 5.78. The molecule has 0 radical (unpaired) electrons. The van der Waals surface area contributed by atoms with Crippen molar-refractivity contribution in [1.82, 2.24) is 5.32 Å². The third-order valence-electron chi connectivity index (χ3n) is 3.25. The van der Waals surface area contributed by atoms with Crippen LogP contribution in [-0.2, 0) is 11.2 Å². The van der Waals surface area contributed by atoms with Gasteiger partial charge in [-0.25, -0.2) is 0 Å². The Kier molecular flexibility index (Phi) is 5.11. The van der Waals surface area contributed by atoms with Crippen LogP contribution in [0.4, 0.5) is 0 Å². The first kappa shape index (κ1) is 15.3. The Bertz CT molecular complexity index is 621. The van der Waals surface area contributed by atoms with Gasteiger partial charge >= 0.3 is 5.97 Å². The van der Waals surface area contributed by atoms with Gasteiger partial charge in [-0.2, -0.15) is 0 Å². The highest BCUT2D eigenvalue weighted by molar-refractivity contribution is 7.12. The van der Waals surface area contributed by atoms with E-state index in [1.54, 1.807) is 0 Å². The summed E-state index contributed by atoms with van der Waals surface area (Å²) in [4.78, 5) is 24.0. The molecule has 0 spiro atoms. The average Bonchev–Trinajstić information content (AvgIpc) is 2.90. The lowest BCUT2D eigenvalue weighted by molar-refractivity contribution is -0.141. The van der Waals surface area contributed by atoms with E-state index in [0.29, 0.717) is 11.3 Å².